The predicted octanol–water partition coefficient (Wildman–Crippen LogP) is 1.67. The summed E-state index contributed by atoms with van der Waals surface area (Å²) < 4.78 is 1.79. The molecule has 2 heterocycles. The van der Waals surface area contributed by atoms with Crippen LogP contribution in [0.5, 0.6) is 0 Å². The fourth-order valence-electron chi connectivity index (χ4n) is 3.14. The molecule has 0 radical (unpaired) electrons. The van der Waals surface area contributed by atoms with E-state index in [1.54, 1.807) is 15.8 Å². The Kier molecular flexibility index (Phi) is 5.33. The van der Waals surface area contributed by atoms with E-state index in [2.05, 4.69) is 10.4 Å². The zero-order valence-electron chi connectivity index (χ0n) is 14.1. The Labute approximate surface area is 146 Å². The zero-order chi connectivity index (χ0) is 17.6. The van der Waals surface area contributed by atoms with Crippen molar-refractivity contribution in [3.8, 4) is 5.69 Å². The fraction of sp³-hybridized carbons (Fsp3) is 0.389. The topological polar surface area (TPSA) is 93.3 Å². The number of nitrogens with one attached hydrogen (secondary N) is 1. The molecule has 1 aromatic heterocycles. The molecular weight excluding hydrogens is 318 g/mol. The number of benzene rings is 1. The van der Waals surface area contributed by atoms with Crippen molar-refractivity contribution in [3.63, 3.8) is 0 Å². The van der Waals surface area contributed by atoms with Crippen LogP contribution in [-0.2, 0) is 11.3 Å². The van der Waals surface area contributed by atoms with Gasteiger partial charge in [0.15, 0.2) is 0 Å². The number of piperidine rings is 1. The first-order valence-electron chi connectivity index (χ1n) is 8.52. The van der Waals surface area contributed by atoms with Gasteiger partial charge in [-0.2, -0.15) is 5.10 Å². The van der Waals surface area contributed by atoms with E-state index in [4.69, 9.17) is 5.73 Å². The van der Waals surface area contributed by atoms with Gasteiger partial charge in [-0.25, -0.2) is 9.48 Å². The second-order valence-electron chi connectivity index (χ2n) is 6.38. The summed E-state index contributed by atoms with van der Waals surface area (Å²) in [6.45, 7) is 1.80. The Hall–Kier alpha value is -2.83. The summed E-state index contributed by atoms with van der Waals surface area (Å²) in [4.78, 5) is 25.1. The first kappa shape index (κ1) is 17.0. The van der Waals surface area contributed by atoms with Crippen LogP contribution in [0.3, 0.4) is 0 Å². The van der Waals surface area contributed by atoms with Crippen molar-refractivity contribution in [3.05, 3.63) is 48.3 Å². The highest BCUT2D eigenvalue weighted by molar-refractivity contribution is 5.75. The highest BCUT2D eigenvalue weighted by atomic mass is 16.2. The van der Waals surface area contributed by atoms with Crippen LogP contribution < -0.4 is 11.1 Å². The maximum Gasteiger partial charge on any atom is 0.317 e. The Morgan fingerprint density at radius 1 is 1.24 bits per heavy atom. The molecule has 0 spiro atoms. The molecule has 0 unspecified atom stereocenters. The molecule has 1 saturated heterocycles. The Balaban J connectivity index is 1.50. The van der Waals surface area contributed by atoms with Gasteiger partial charge in [0.2, 0.25) is 5.91 Å². The molecule has 0 saturated carbocycles. The molecule has 7 heteroatoms. The minimum atomic E-state index is -0.264. The van der Waals surface area contributed by atoms with Crippen molar-refractivity contribution in [2.75, 3.05) is 13.1 Å². The summed E-state index contributed by atoms with van der Waals surface area (Å²) in [5, 5.41) is 7.17. The summed E-state index contributed by atoms with van der Waals surface area (Å²) >= 11 is 0. The van der Waals surface area contributed by atoms with E-state index in [1.807, 2.05) is 36.5 Å². The first-order chi connectivity index (χ1) is 12.1. The highest BCUT2D eigenvalue weighted by Crippen LogP contribution is 2.20. The smallest absolute Gasteiger partial charge is 0.317 e. The van der Waals surface area contributed by atoms with Gasteiger partial charge in [-0.15, -0.1) is 0 Å². The molecular formula is C18H23N5O2. The van der Waals surface area contributed by atoms with Crippen molar-refractivity contribution in [2.45, 2.75) is 25.8 Å². The number of primary amides is 1. The normalized spacial score (nSPS) is 15.1. The van der Waals surface area contributed by atoms with Gasteiger partial charge < -0.3 is 16.0 Å². The monoisotopic (exact) mass is 341 g/mol. The van der Waals surface area contributed by atoms with Crippen LogP contribution in [-0.4, -0.2) is 39.7 Å². The quantitative estimate of drug-likeness (QED) is 0.866. The van der Waals surface area contributed by atoms with E-state index in [9.17, 15) is 9.59 Å². The lowest BCUT2D eigenvalue weighted by molar-refractivity contribution is -0.119. The van der Waals surface area contributed by atoms with Gasteiger partial charge in [-0.1, -0.05) is 12.1 Å². The third-order valence-corrected chi connectivity index (χ3v) is 4.51. The number of likely N-dealkylation sites (tertiary alicyclic amines) is 1. The third-order valence-electron chi connectivity index (χ3n) is 4.51. The molecule has 3 amide bonds. The van der Waals surface area contributed by atoms with Crippen molar-refractivity contribution >= 4 is 11.9 Å². The molecule has 3 rings (SSSR count). The SMILES string of the molecule is NC(=O)CC1CCN(C(=O)NCc2cccc(-n3cccn3)c2)CC1. The maximum absolute atomic E-state index is 12.3. The van der Waals surface area contributed by atoms with E-state index < -0.39 is 0 Å². The van der Waals surface area contributed by atoms with Crippen LogP contribution in [0.2, 0.25) is 0 Å². The summed E-state index contributed by atoms with van der Waals surface area (Å²) in [6, 6.07) is 9.71. The van der Waals surface area contributed by atoms with E-state index in [1.165, 1.54) is 0 Å². The molecule has 25 heavy (non-hydrogen) atoms. The van der Waals surface area contributed by atoms with Gasteiger partial charge >= 0.3 is 6.03 Å². The number of nitrogens with two attached hydrogens (primary N) is 1. The molecule has 1 fully saturated rings. The van der Waals surface area contributed by atoms with Crippen LogP contribution in [0.4, 0.5) is 4.79 Å². The van der Waals surface area contributed by atoms with Gasteiger partial charge in [0.1, 0.15) is 0 Å². The second-order valence-corrected chi connectivity index (χ2v) is 6.38. The summed E-state index contributed by atoms with van der Waals surface area (Å²) in [6.07, 6.45) is 5.68. The average molecular weight is 341 g/mol. The van der Waals surface area contributed by atoms with Gasteiger partial charge in [0.05, 0.1) is 5.69 Å². The molecule has 1 aliphatic rings. The van der Waals surface area contributed by atoms with Gasteiger partial charge in [-0.05, 0) is 42.5 Å². The van der Waals surface area contributed by atoms with Gasteiger partial charge in [0, 0.05) is 38.4 Å². The third kappa shape index (κ3) is 4.59. The molecule has 132 valence electrons. The van der Waals surface area contributed by atoms with Crippen molar-refractivity contribution in [1.29, 1.82) is 0 Å². The molecule has 2 aromatic rings. The summed E-state index contributed by atoms with van der Waals surface area (Å²) in [7, 11) is 0. The number of urea groups is 1. The lowest BCUT2D eigenvalue weighted by atomic mass is 9.93. The molecule has 3 N–H and O–H groups in total. The first-order valence-corrected chi connectivity index (χ1v) is 8.52. The number of nitrogens with zero attached hydrogens (tertiary/aromatic N) is 3. The van der Waals surface area contributed by atoms with Crippen molar-refractivity contribution in [2.24, 2.45) is 11.7 Å². The number of rotatable bonds is 5. The second kappa shape index (κ2) is 7.83. The van der Waals surface area contributed by atoms with E-state index in [-0.39, 0.29) is 11.9 Å². The summed E-state index contributed by atoms with van der Waals surface area (Å²) in [5.74, 6) is 0.0345. The van der Waals surface area contributed by atoms with Crippen LogP contribution in [0.25, 0.3) is 5.69 Å². The summed E-state index contributed by atoms with van der Waals surface area (Å²) in [5.41, 5.74) is 7.22. The lowest BCUT2D eigenvalue weighted by Gasteiger charge is -2.31. The molecule has 1 aliphatic heterocycles. The minimum absolute atomic E-state index is 0.0676. The van der Waals surface area contributed by atoms with Gasteiger partial charge in [-0.3, -0.25) is 4.79 Å². The average Bonchev–Trinajstić information content (AvgIpc) is 3.15. The van der Waals surface area contributed by atoms with E-state index in [0.717, 1.165) is 24.1 Å². The fourth-order valence-corrected chi connectivity index (χ4v) is 3.14. The Morgan fingerprint density at radius 2 is 2.04 bits per heavy atom. The molecule has 7 nitrogen and oxygen atoms in total. The van der Waals surface area contributed by atoms with E-state index >= 15 is 0 Å². The maximum atomic E-state index is 12.3. The Bertz CT molecular complexity index is 721. The number of carbonyl (C=O) groups excluding carboxylic acids is 2. The largest absolute Gasteiger partial charge is 0.370 e. The van der Waals surface area contributed by atoms with E-state index in [0.29, 0.717) is 32.0 Å². The van der Waals surface area contributed by atoms with Crippen LogP contribution in [0.15, 0.2) is 42.7 Å². The lowest BCUT2D eigenvalue weighted by Crippen LogP contribution is -2.44. The zero-order valence-corrected chi connectivity index (χ0v) is 14.1. The number of hydrogen-bond acceptors (Lipinski definition) is 3. The highest BCUT2D eigenvalue weighted by Gasteiger charge is 2.23. The molecule has 1 aromatic carbocycles. The van der Waals surface area contributed by atoms with Crippen LogP contribution in [0.1, 0.15) is 24.8 Å². The van der Waals surface area contributed by atoms with Crippen LogP contribution in [0, 0.1) is 5.92 Å². The molecule has 0 bridgehead atoms. The molecule has 0 atom stereocenters. The number of aromatic nitrogens is 2. The number of hydrogen-bond donors (Lipinski definition) is 2. The number of carbonyl (C=O) groups is 2. The van der Waals surface area contributed by atoms with Crippen molar-refractivity contribution < 1.29 is 9.59 Å². The Morgan fingerprint density at radius 3 is 2.72 bits per heavy atom. The van der Waals surface area contributed by atoms with Crippen LogP contribution >= 0.6 is 0 Å². The molecule has 0 aliphatic carbocycles. The van der Waals surface area contributed by atoms with Crippen molar-refractivity contribution in [1.82, 2.24) is 20.0 Å². The predicted molar refractivity (Wildman–Crippen MR) is 93.9 cm³/mol. The van der Waals surface area contributed by atoms with Gasteiger partial charge in [0.25, 0.3) is 0 Å². The number of amides is 3. The standard InChI is InChI=1S/C18H23N5O2/c19-17(24)12-14-5-9-22(10-6-14)18(25)20-13-15-3-1-4-16(11-15)23-8-2-7-21-23/h1-4,7-8,11,14H,5-6,9-10,12-13H2,(H2,19,24)(H,20,25). The minimum Gasteiger partial charge on any atom is -0.370 e.